The van der Waals surface area contributed by atoms with Crippen molar-refractivity contribution in [2.24, 2.45) is 5.73 Å². The number of aromatic nitrogens is 1. The summed E-state index contributed by atoms with van der Waals surface area (Å²) in [6.45, 7) is 3.72. The molecular formula is C16H19N3O2. The number of nitrogens with two attached hydrogens (primary N) is 1. The number of rotatable bonds is 5. The quantitative estimate of drug-likeness (QED) is 0.883. The predicted octanol–water partition coefficient (Wildman–Crippen LogP) is 2.23. The summed E-state index contributed by atoms with van der Waals surface area (Å²) in [5, 5.41) is 2.76. The summed E-state index contributed by atoms with van der Waals surface area (Å²) in [4.78, 5) is 15.9. The van der Waals surface area contributed by atoms with Crippen molar-refractivity contribution >= 4 is 5.91 Å². The number of ether oxygens (including phenoxy) is 1. The first kappa shape index (κ1) is 15.0. The highest BCUT2D eigenvalue weighted by atomic mass is 16.5. The lowest BCUT2D eigenvalue weighted by Gasteiger charge is -2.17. The van der Waals surface area contributed by atoms with E-state index in [1.807, 2.05) is 36.4 Å². The number of hydrogen-bond acceptors (Lipinski definition) is 4. The largest absolute Gasteiger partial charge is 0.439 e. The molecule has 1 aromatic carbocycles. The van der Waals surface area contributed by atoms with Crippen molar-refractivity contribution < 1.29 is 9.53 Å². The molecule has 0 spiro atoms. The van der Waals surface area contributed by atoms with Crippen molar-refractivity contribution in [2.45, 2.75) is 25.9 Å². The lowest BCUT2D eigenvalue weighted by Crippen LogP contribution is -2.48. The molecule has 5 heteroatoms. The van der Waals surface area contributed by atoms with Crippen LogP contribution in [0.2, 0.25) is 0 Å². The summed E-state index contributed by atoms with van der Waals surface area (Å²) in [5.74, 6) is 1.04. The summed E-state index contributed by atoms with van der Waals surface area (Å²) in [7, 11) is 0. The number of hydrogen-bond donors (Lipinski definition) is 2. The molecule has 0 atom stereocenters. The van der Waals surface area contributed by atoms with E-state index >= 15 is 0 Å². The molecule has 3 N–H and O–H groups in total. The van der Waals surface area contributed by atoms with Gasteiger partial charge < -0.3 is 15.8 Å². The molecule has 0 saturated heterocycles. The van der Waals surface area contributed by atoms with E-state index < -0.39 is 5.54 Å². The fourth-order valence-electron chi connectivity index (χ4n) is 1.60. The Balaban J connectivity index is 1.92. The minimum atomic E-state index is -0.885. The molecule has 0 aliphatic carbocycles. The van der Waals surface area contributed by atoms with E-state index in [2.05, 4.69) is 10.3 Å². The average molecular weight is 285 g/mol. The van der Waals surface area contributed by atoms with Crippen molar-refractivity contribution in [1.82, 2.24) is 10.3 Å². The van der Waals surface area contributed by atoms with Crippen LogP contribution in [0, 0.1) is 0 Å². The maximum absolute atomic E-state index is 11.7. The summed E-state index contributed by atoms with van der Waals surface area (Å²) < 4.78 is 5.59. The van der Waals surface area contributed by atoms with Gasteiger partial charge in [-0.1, -0.05) is 24.3 Å². The molecule has 1 amide bonds. The molecule has 0 aliphatic rings. The van der Waals surface area contributed by atoms with E-state index in [-0.39, 0.29) is 5.91 Å². The first-order valence-electron chi connectivity index (χ1n) is 6.70. The van der Waals surface area contributed by atoms with Crippen molar-refractivity contribution in [3.8, 4) is 11.6 Å². The molecule has 0 radical (unpaired) electrons. The van der Waals surface area contributed by atoms with E-state index in [1.54, 1.807) is 26.1 Å². The fraction of sp³-hybridized carbons (Fsp3) is 0.250. The van der Waals surface area contributed by atoms with E-state index in [4.69, 9.17) is 10.5 Å². The molecule has 2 rings (SSSR count). The molecule has 0 saturated carbocycles. The zero-order valence-corrected chi connectivity index (χ0v) is 12.2. The van der Waals surface area contributed by atoms with Crippen molar-refractivity contribution in [1.29, 1.82) is 0 Å². The van der Waals surface area contributed by atoms with E-state index in [0.29, 0.717) is 12.4 Å². The molecule has 21 heavy (non-hydrogen) atoms. The number of benzene rings is 1. The second kappa shape index (κ2) is 6.37. The highest BCUT2D eigenvalue weighted by Gasteiger charge is 2.21. The van der Waals surface area contributed by atoms with Crippen molar-refractivity contribution in [2.75, 3.05) is 0 Å². The Kier molecular flexibility index (Phi) is 4.55. The first-order chi connectivity index (χ1) is 9.95. The van der Waals surface area contributed by atoms with Crippen LogP contribution in [0.15, 0.2) is 48.7 Å². The zero-order valence-electron chi connectivity index (χ0n) is 12.2. The third kappa shape index (κ3) is 4.57. The van der Waals surface area contributed by atoms with Gasteiger partial charge >= 0.3 is 0 Å². The molecule has 0 bridgehead atoms. The van der Waals surface area contributed by atoms with Gasteiger partial charge in [0.15, 0.2) is 0 Å². The van der Waals surface area contributed by atoms with Gasteiger partial charge in [0, 0.05) is 18.8 Å². The lowest BCUT2D eigenvalue weighted by atomic mass is 10.1. The van der Waals surface area contributed by atoms with Crippen LogP contribution in [0.5, 0.6) is 11.6 Å². The maximum atomic E-state index is 11.7. The van der Waals surface area contributed by atoms with E-state index in [9.17, 15) is 4.79 Å². The molecule has 110 valence electrons. The van der Waals surface area contributed by atoms with Gasteiger partial charge in [0.05, 0.1) is 5.54 Å². The minimum absolute atomic E-state index is 0.202. The van der Waals surface area contributed by atoms with Crippen LogP contribution < -0.4 is 15.8 Å². The number of carbonyl (C=O) groups excluding carboxylic acids is 1. The van der Waals surface area contributed by atoms with Gasteiger partial charge in [-0.15, -0.1) is 0 Å². The zero-order chi connectivity index (χ0) is 15.3. The number of para-hydroxylation sites is 1. The molecule has 0 fully saturated rings. The number of nitrogens with zero attached hydrogens (tertiary/aromatic N) is 1. The van der Waals surface area contributed by atoms with Crippen LogP contribution in [-0.4, -0.2) is 16.4 Å². The third-order valence-electron chi connectivity index (χ3n) is 2.80. The second-order valence-corrected chi connectivity index (χ2v) is 5.32. The number of nitrogens with one attached hydrogen (secondary N) is 1. The molecule has 2 aromatic rings. The van der Waals surface area contributed by atoms with Crippen LogP contribution in [-0.2, 0) is 11.3 Å². The summed E-state index contributed by atoms with van der Waals surface area (Å²) in [6, 6.07) is 13.1. The standard InChI is InChI=1S/C16H19N3O2/c1-16(2,17)15(20)19-11-12-8-9-14(18-10-12)21-13-6-4-3-5-7-13/h3-10H,11,17H2,1-2H3,(H,19,20). The third-order valence-corrected chi connectivity index (χ3v) is 2.80. The highest BCUT2D eigenvalue weighted by Crippen LogP contribution is 2.18. The predicted molar refractivity (Wildman–Crippen MR) is 80.9 cm³/mol. The van der Waals surface area contributed by atoms with Crippen LogP contribution in [0.4, 0.5) is 0 Å². The summed E-state index contributed by atoms with van der Waals surface area (Å²) in [5.41, 5.74) is 5.70. The Morgan fingerprint density at radius 2 is 1.95 bits per heavy atom. The Morgan fingerprint density at radius 1 is 1.24 bits per heavy atom. The van der Waals surface area contributed by atoms with Crippen molar-refractivity contribution in [3.05, 3.63) is 54.2 Å². The Bertz CT molecular complexity index is 589. The Hall–Kier alpha value is -2.40. The highest BCUT2D eigenvalue weighted by molar-refractivity contribution is 5.84. The first-order valence-corrected chi connectivity index (χ1v) is 6.70. The molecule has 1 aromatic heterocycles. The van der Waals surface area contributed by atoms with Gasteiger partial charge in [0.1, 0.15) is 5.75 Å². The van der Waals surface area contributed by atoms with Gasteiger partial charge in [-0.2, -0.15) is 0 Å². The fourth-order valence-corrected chi connectivity index (χ4v) is 1.60. The average Bonchev–Trinajstić information content (AvgIpc) is 2.46. The van der Waals surface area contributed by atoms with Crippen LogP contribution in [0.1, 0.15) is 19.4 Å². The summed E-state index contributed by atoms with van der Waals surface area (Å²) in [6.07, 6.45) is 1.67. The molecule has 0 unspecified atom stereocenters. The lowest BCUT2D eigenvalue weighted by molar-refractivity contribution is -0.125. The number of pyridine rings is 1. The topological polar surface area (TPSA) is 77.2 Å². The molecule has 0 aliphatic heterocycles. The number of amides is 1. The van der Waals surface area contributed by atoms with E-state index in [1.165, 1.54) is 0 Å². The van der Waals surface area contributed by atoms with Crippen LogP contribution in [0.25, 0.3) is 0 Å². The molecule has 1 heterocycles. The van der Waals surface area contributed by atoms with Gasteiger partial charge in [-0.05, 0) is 31.5 Å². The van der Waals surface area contributed by atoms with Gasteiger partial charge in [-0.3, -0.25) is 4.79 Å². The maximum Gasteiger partial charge on any atom is 0.239 e. The van der Waals surface area contributed by atoms with Crippen molar-refractivity contribution in [3.63, 3.8) is 0 Å². The van der Waals surface area contributed by atoms with Gasteiger partial charge in [0.25, 0.3) is 0 Å². The summed E-state index contributed by atoms with van der Waals surface area (Å²) >= 11 is 0. The number of carbonyl (C=O) groups is 1. The smallest absolute Gasteiger partial charge is 0.239 e. The molecular weight excluding hydrogens is 266 g/mol. The minimum Gasteiger partial charge on any atom is -0.439 e. The second-order valence-electron chi connectivity index (χ2n) is 5.32. The van der Waals surface area contributed by atoms with Gasteiger partial charge in [-0.25, -0.2) is 4.98 Å². The Labute approximate surface area is 124 Å². The monoisotopic (exact) mass is 285 g/mol. The normalized spacial score (nSPS) is 11.0. The SMILES string of the molecule is CC(C)(N)C(=O)NCc1ccc(Oc2ccccc2)nc1. The van der Waals surface area contributed by atoms with E-state index in [0.717, 1.165) is 11.3 Å². The van der Waals surface area contributed by atoms with Gasteiger partial charge in [0.2, 0.25) is 11.8 Å². The molecule has 5 nitrogen and oxygen atoms in total. The van der Waals surface area contributed by atoms with Crippen LogP contribution in [0.3, 0.4) is 0 Å². The Morgan fingerprint density at radius 3 is 2.52 bits per heavy atom. The van der Waals surface area contributed by atoms with Crippen LogP contribution >= 0.6 is 0 Å².